The Morgan fingerprint density at radius 1 is 2.00 bits per heavy atom. The van der Waals surface area contributed by atoms with Crippen LogP contribution in [-0.4, -0.2) is 6.41 Å². The van der Waals surface area contributed by atoms with Crippen molar-refractivity contribution in [1.82, 2.24) is 11.3 Å². The van der Waals surface area contributed by atoms with E-state index in [2.05, 4.69) is 0 Å². The first-order valence-electron chi connectivity index (χ1n) is 0.774. The Morgan fingerprint density at radius 2 is 2.25 bits per heavy atom. The molecule has 0 atom stereocenters. The average molecular weight is 59.0 g/mol. The molecule has 0 aromatic carbocycles. The fourth-order valence-corrected chi connectivity index (χ4v) is 0. The lowest BCUT2D eigenvalue weighted by Gasteiger charge is -1.63. The van der Waals surface area contributed by atoms with E-state index in [1.54, 1.807) is 0 Å². The molecule has 0 aliphatic carbocycles. The quantitative estimate of drug-likeness (QED) is 0.303. The molecule has 0 aromatic rings. The zero-order chi connectivity index (χ0) is 3.41. The second-order valence-electron chi connectivity index (χ2n) is 0.262. The Morgan fingerprint density at radius 3 is 2.25 bits per heavy atom. The summed E-state index contributed by atoms with van der Waals surface area (Å²) in [6.45, 7) is 0. The van der Waals surface area contributed by atoms with Crippen LogP contribution in [0.1, 0.15) is 0 Å². The number of carbonyl (C=O) groups excluding carboxylic acids is 1. The van der Waals surface area contributed by atoms with Gasteiger partial charge in [-0.05, 0) is 0 Å². The van der Waals surface area contributed by atoms with Crippen molar-refractivity contribution in [2.75, 3.05) is 0 Å². The minimum absolute atomic E-state index is 0.292. The van der Waals surface area contributed by atoms with E-state index < -0.39 is 0 Å². The number of hydrogen-bond donors (Lipinski definition) is 1. The molecule has 3 nitrogen and oxygen atoms in total. The smallest absolute Gasteiger partial charge is 0.222 e. The summed E-state index contributed by atoms with van der Waals surface area (Å²) < 4.78 is 0. The highest BCUT2D eigenvalue weighted by Crippen LogP contribution is 1.05. The fraction of sp³-hybridized carbons (Fsp3) is 0. The van der Waals surface area contributed by atoms with Gasteiger partial charge in [-0.2, -0.15) is 5.84 Å². The lowest BCUT2D eigenvalue weighted by Crippen LogP contribution is -2.03. The van der Waals surface area contributed by atoms with Crippen molar-refractivity contribution < 1.29 is 4.79 Å². The third-order valence-electron chi connectivity index (χ3n) is 0.0589. The van der Waals surface area contributed by atoms with Gasteiger partial charge in [0.1, 0.15) is 0 Å². The molecule has 0 aliphatic heterocycles. The largest absolute Gasteiger partial charge is 0.279 e. The summed E-state index contributed by atoms with van der Waals surface area (Å²) in [5, 5.41) is 0. The lowest BCUT2D eigenvalue weighted by atomic mass is 11.4. The molecule has 0 saturated heterocycles. The van der Waals surface area contributed by atoms with Gasteiger partial charge in [-0.15, -0.1) is 0 Å². The van der Waals surface area contributed by atoms with Gasteiger partial charge in [-0.3, -0.25) is 10.2 Å². The Labute approximate surface area is 23.8 Å². The summed E-state index contributed by atoms with van der Waals surface area (Å²) in [5.41, 5.74) is 1.50. The van der Waals surface area contributed by atoms with Crippen LogP contribution in [0.3, 0.4) is 0 Å². The molecule has 4 heavy (non-hydrogen) atoms. The van der Waals surface area contributed by atoms with E-state index in [0.29, 0.717) is 6.41 Å². The van der Waals surface area contributed by atoms with E-state index in [-0.39, 0.29) is 0 Å². The first kappa shape index (κ1) is 3.43. The van der Waals surface area contributed by atoms with Crippen molar-refractivity contribution in [3.8, 4) is 0 Å². The predicted octanol–water partition coefficient (Wildman–Crippen LogP) is -1.07. The maximum Gasteiger partial charge on any atom is 0.222 e. The summed E-state index contributed by atoms with van der Waals surface area (Å²) in [5.74, 6) is 5.83. The topological polar surface area (TPSA) is 52.9 Å². The fourth-order valence-electron chi connectivity index (χ4n) is 0. The van der Waals surface area contributed by atoms with Crippen LogP contribution in [-0.2, 0) is 4.79 Å². The highest BCUT2D eigenvalue weighted by molar-refractivity contribution is 5.44. The molecule has 0 saturated carbocycles. The van der Waals surface area contributed by atoms with Crippen LogP contribution in [0.15, 0.2) is 0 Å². The number of carbonyl (C=O) groups is 1. The van der Waals surface area contributed by atoms with Crippen LogP contribution in [0.25, 0.3) is 0 Å². The Bertz CT molecular complexity index is 20.0. The van der Waals surface area contributed by atoms with Gasteiger partial charge in [0.25, 0.3) is 0 Å². The molecule has 1 amide bonds. The number of hydrogen-bond acceptors (Lipinski definition) is 1. The van der Waals surface area contributed by atoms with Crippen molar-refractivity contribution >= 4 is 6.41 Å². The van der Waals surface area contributed by atoms with Gasteiger partial charge in [-0.25, -0.2) is 0 Å². The molecule has 2 N–H and O–H groups in total. The molecule has 23 valence electrons. The monoisotopic (exact) mass is 59.0 g/mol. The maximum atomic E-state index is 8.88. The molecule has 0 aromatic heterocycles. The van der Waals surface area contributed by atoms with Crippen molar-refractivity contribution in [2.45, 2.75) is 0 Å². The molecule has 0 aliphatic rings. The molecule has 0 fully saturated rings. The molecule has 0 unspecified atom stereocenters. The molecule has 0 spiro atoms. The summed E-state index contributed by atoms with van der Waals surface area (Å²) in [4.78, 5) is 8.88. The zero-order valence-corrected chi connectivity index (χ0v) is 1.99. The second-order valence-corrected chi connectivity index (χ2v) is 0.262. The molecular weight excluding hydrogens is 56.0 g/mol. The van der Waals surface area contributed by atoms with Gasteiger partial charge >= 0.3 is 0 Å². The normalized spacial score (nSPS) is 5.25. The summed E-state index contributed by atoms with van der Waals surface area (Å²) in [7, 11) is 0. The lowest BCUT2D eigenvalue weighted by molar-refractivity contribution is -0.109. The van der Waals surface area contributed by atoms with Gasteiger partial charge in [0, 0.05) is 0 Å². The highest BCUT2D eigenvalue weighted by Gasteiger charge is 1.44. The van der Waals surface area contributed by atoms with Gasteiger partial charge in [0.2, 0.25) is 6.41 Å². The Balaban J connectivity index is 2.30. The van der Waals surface area contributed by atoms with Crippen LogP contribution in [0, 0.1) is 0 Å². The van der Waals surface area contributed by atoms with E-state index in [1.165, 1.54) is 5.43 Å². The SMILES string of the molecule is [NH]NC=O. The van der Waals surface area contributed by atoms with Gasteiger partial charge in [0.15, 0.2) is 0 Å². The summed E-state index contributed by atoms with van der Waals surface area (Å²) in [6.07, 6.45) is 0.292. The van der Waals surface area contributed by atoms with Crippen molar-refractivity contribution in [1.29, 1.82) is 0 Å². The molecule has 3 heteroatoms. The van der Waals surface area contributed by atoms with Crippen molar-refractivity contribution in [2.24, 2.45) is 0 Å². The molecular formula is CH3N2O. The number of rotatable bonds is 1. The van der Waals surface area contributed by atoms with Crippen LogP contribution in [0.5, 0.6) is 0 Å². The average Bonchev–Trinajstić information content (AvgIpc) is 1.37. The third kappa shape index (κ3) is 1.43. The van der Waals surface area contributed by atoms with E-state index in [1.807, 2.05) is 0 Å². The first-order chi connectivity index (χ1) is 1.91. The summed E-state index contributed by atoms with van der Waals surface area (Å²) >= 11 is 0. The highest BCUT2D eigenvalue weighted by atomic mass is 16.1. The van der Waals surface area contributed by atoms with Crippen LogP contribution < -0.4 is 11.3 Å². The van der Waals surface area contributed by atoms with Gasteiger partial charge < -0.3 is 0 Å². The summed E-state index contributed by atoms with van der Waals surface area (Å²) in [6, 6.07) is 0. The van der Waals surface area contributed by atoms with E-state index in [4.69, 9.17) is 10.6 Å². The van der Waals surface area contributed by atoms with E-state index in [9.17, 15) is 0 Å². The maximum absolute atomic E-state index is 8.88. The first-order valence-corrected chi connectivity index (χ1v) is 0.774. The molecule has 1 radical (unpaired) electrons. The van der Waals surface area contributed by atoms with Crippen LogP contribution in [0.2, 0.25) is 0 Å². The Hall–Kier alpha value is -0.570. The van der Waals surface area contributed by atoms with E-state index in [0.717, 1.165) is 0 Å². The van der Waals surface area contributed by atoms with Crippen molar-refractivity contribution in [3.05, 3.63) is 0 Å². The molecule has 0 rings (SSSR count). The minimum atomic E-state index is 0.292. The van der Waals surface area contributed by atoms with Crippen LogP contribution in [0.4, 0.5) is 0 Å². The standard InChI is InChI=1S/CH3N2O/c2-3-1-4/h1-2H,(H,3,4). The Kier molecular flexibility index (Phi) is 2.08. The number of nitrogens with one attached hydrogen (secondary N) is 2. The van der Waals surface area contributed by atoms with E-state index >= 15 is 0 Å². The predicted molar refractivity (Wildman–Crippen MR) is 12.3 cm³/mol. The third-order valence-corrected chi connectivity index (χ3v) is 0.0589. The second kappa shape index (κ2) is 2.43. The zero-order valence-electron chi connectivity index (χ0n) is 1.99. The van der Waals surface area contributed by atoms with Gasteiger partial charge in [-0.1, -0.05) is 0 Å². The minimum Gasteiger partial charge on any atom is -0.279 e. The van der Waals surface area contributed by atoms with Crippen molar-refractivity contribution in [3.63, 3.8) is 0 Å². The van der Waals surface area contributed by atoms with Gasteiger partial charge in [0.05, 0.1) is 0 Å². The number of amides is 1. The van der Waals surface area contributed by atoms with Crippen LogP contribution >= 0.6 is 0 Å². The molecule has 0 heterocycles. The molecule has 0 bridgehead atoms.